The summed E-state index contributed by atoms with van der Waals surface area (Å²) < 4.78 is 5.07. The number of hydrogen-bond donors (Lipinski definition) is 0. The Morgan fingerprint density at radius 3 is 2.41 bits per heavy atom. The minimum Gasteiger partial charge on any atom is -0.497 e. The molecule has 3 nitrogen and oxygen atoms in total. The van der Waals surface area contributed by atoms with Gasteiger partial charge in [0.2, 0.25) is 5.78 Å². The van der Waals surface area contributed by atoms with Gasteiger partial charge in [-0.3, -0.25) is 4.79 Å². The van der Waals surface area contributed by atoms with E-state index in [4.69, 9.17) is 4.74 Å². The van der Waals surface area contributed by atoms with Crippen LogP contribution in [0.2, 0.25) is 0 Å². The van der Waals surface area contributed by atoms with Gasteiger partial charge < -0.3 is 4.74 Å². The molecule has 0 radical (unpaired) electrons. The van der Waals surface area contributed by atoms with Crippen LogP contribution in [0.3, 0.4) is 0 Å². The molecular formula is C19H17NO2. The van der Waals surface area contributed by atoms with E-state index < -0.39 is 0 Å². The van der Waals surface area contributed by atoms with Crippen molar-refractivity contribution >= 4 is 11.9 Å². The number of carbonyl (C=O) groups excluding carboxylic acids is 1. The third-order valence-electron chi connectivity index (χ3n) is 3.45. The maximum absolute atomic E-state index is 12.4. The van der Waals surface area contributed by atoms with Crippen LogP contribution >= 0.6 is 0 Å². The molecule has 2 rings (SSSR count). The van der Waals surface area contributed by atoms with Gasteiger partial charge in [-0.25, -0.2) is 0 Å². The Morgan fingerprint density at radius 1 is 1.14 bits per heavy atom. The summed E-state index contributed by atoms with van der Waals surface area (Å²) in [6.07, 6.45) is 1.65. The lowest BCUT2D eigenvalue weighted by molar-refractivity contribution is 0.104. The van der Waals surface area contributed by atoms with Crippen molar-refractivity contribution in [3.8, 4) is 11.8 Å². The van der Waals surface area contributed by atoms with Crippen molar-refractivity contribution in [2.75, 3.05) is 7.11 Å². The Bertz CT molecular complexity index is 765. The van der Waals surface area contributed by atoms with Crippen LogP contribution < -0.4 is 4.74 Å². The number of nitrogens with zero attached hydrogens (tertiary/aromatic N) is 1. The number of ether oxygens (including phenoxy) is 1. The Hall–Kier alpha value is -2.86. The van der Waals surface area contributed by atoms with Crippen molar-refractivity contribution in [1.29, 1.82) is 5.26 Å². The van der Waals surface area contributed by atoms with Crippen molar-refractivity contribution in [3.05, 3.63) is 70.3 Å². The number of benzene rings is 2. The summed E-state index contributed by atoms with van der Waals surface area (Å²) in [5.41, 5.74) is 3.60. The predicted octanol–water partition coefficient (Wildman–Crippen LogP) is 4.10. The standard InChI is InChI=1S/C19H17NO2/c1-13-4-5-14(2)16(10-13)11-17(12-20)19(21)15-6-8-18(22-3)9-7-15/h4-11H,1-3H3. The van der Waals surface area contributed by atoms with Crippen LogP contribution in [0.4, 0.5) is 0 Å². The van der Waals surface area contributed by atoms with E-state index >= 15 is 0 Å². The molecule has 0 N–H and O–H groups in total. The molecule has 2 aromatic carbocycles. The molecular weight excluding hydrogens is 274 g/mol. The summed E-state index contributed by atoms with van der Waals surface area (Å²) in [4.78, 5) is 12.4. The highest BCUT2D eigenvalue weighted by atomic mass is 16.5. The van der Waals surface area contributed by atoms with Crippen LogP contribution in [0.15, 0.2) is 48.0 Å². The number of methoxy groups -OCH3 is 1. The van der Waals surface area contributed by atoms with Crippen LogP contribution in [-0.2, 0) is 0 Å². The Morgan fingerprint density at radius 2 is 1.82 bits per heavy atom. The molecule has 2 aromatic rings. The van der Waals surface area contributed by atoms with Gasteiger partial charge in [0.1, 0.15) is 17.4 Å². The molecule has 0 spiro atoms. The number of ketones is 1. The van der Waals surface area contributed by atoms with Gasteiger partial charge in [0, 0.05) is 5.56 Å². The van der Waals surface area contributed by atoms with E-state index in [1.165, 1.54) is 0 Å². The normalized spacial score (nSPS) is 10.9. The molecule has 0 saturated carbocycles. The number of aryl methyl sites for hydroxylation is 2. The molecule has 0 aliphatic heterocycles. The molecule has 0 saturated heterocycles. The minimum atomic E-state index is -0.286. The molecule has 0 aromatic heterocycles. The van der Waals surface area contributed by atoms with Gasteiger partial charge in [-0.2, -0.15) is 5.26 Å². The largest absolute Gasteiger partial charge is 0.497 e. The van der Waals surface area contributed by atoms with Gasteiger partial charge in [0.15, 0.2) is 0 Å². The second-order valence-electron chi connectivity index (χ2n) is 5.09. The molecule has 0 heterocycles. The quantitative estimate of drug-likeness (QED) is 0.484. The molecule has 0 aliphatic carbocycles. The molecule has 22 heavy (non-hydrogen) atoms. The van der Waals surface area contributed by atoms with E-state index in [1.54, 1.807) is 37.5 Å². The molecule has 0 unspecified atom stereocenters. The van der Waals surface area contributed by atoms with Gasteiger partial charge in [0.05, 0.1) is 7.11 Å². The van der Waals surface area contributed by atoms with E-state index in [9.17, 15) is 10.1 Å². The third kappa shape index (κ3) is 3.42. The summed E-state index contributed by atoms with van der Waals surface area (Å²) in [6.45, 7) is 3.94. The zero-order valence-electron chi connectivity index (χ0n) is 12.9. The van der Waals surface area contributed by atoms with Crippen molar-refractivity contribution in [2.24, 2.45) is 0 Å². The number of allylic oxidation sites excluding steroid dienone is 1. The smallest absolute Gasteiger partial charge is 0.203 e. The Balaban J connectivity index is 2.38. The van der Waals surface area contributed by atoms with E-state index in [0.717, 1.165) is 16.7 Å². The third-order valence-corrected chi connectivity index (χ3v) is 3.45. The molecule has 0 amide bonds. The average Bonchev–Trinajstić information content (AvgIpc) is 2.55. The summed E-state index contributed by atoms with van der Waals surface area (Å²) in [7, 11) is 1.57. The second-order valence-corrected chi connectivity index (χ2v) is 5.09. The first-order valence-electron chi connectivity index (χ1n) is 6.93. The highest BCUT2D eigenvalue weighted by Gasteiger charge is 2.12. The van der Waals surface area contributed by atoms with E-state index in [-0.39, 0.29) is 11.4 Å². The summed E-state index contributed by atoms with van der Waals surface area (Å²) in [5.74, 6) is 0.389. The summed E-state index contributed by atoms with van der Waals surface area (Å²) in [6, 6.07) is 14.7. The molecule has 0 atom stereocenters. The number of Topliss-reactive ketones (excluding diaryl/α,β-unsaturated/α-hetero) is 1. The van der Waals surface area contributed by atoms with Gasteiger partial charge in [-0.15, -0.1) is 0 Å². The monoisotopic (exact) mass is 291 g/mol. The fourth-order valence-corrected chi connectivity index (χ4v) is 2.12. The first kappa shape index (κ1) is 15.5. The van der Waals surface area contributed by atoms with Gasteiger partial charge in [-0.05, 0) is 55.3 Å². The lowest BCUT2D eigenvalue weighted by atomic mass is 9.99. The van der Waals surface area contributed by atoms with Crippen molar-refractivity contribution in [2.45, 2.75) is 13.8 Å². The summed E-state index contributed by atoms with van der Waals surface area (Å²) in [5, 5.41) is 9.32. The zero-order chi connectivity index (χ0) is 16.1. The van der Waals surface area contributed by atoms with Crippen LogP contribution in [0.5, 0.6) is 5.75 Å². The Labute approximate surface area is 130 Å². The van der Waals surface area contributed by atoms with Gasteiger partial charge >= 0.3 is 0 Å². The van der Waals surface area contributed by atoms with Gasteiger partial charge in [-0.1, -0.05) is 23.8 Å². The van der Waals surface area contributed by atoms with Crippen LogP contribution in [0.25, 0.3) is 6.08 Å². The molecule has 0 fully saturated rings. The van der Waals surface area contributed by atoms with Crippen LogP contribution in [0, 0.1) is 25.2 Å². The van der Waals surface area contributed by atoms with Crippen LogP contribution in [0.1, 0.15) is 27.0 Å². The first-order valence-corrected chi connectivity index (χ1v) is 6.93. The number of rotatable bonds is 4. The molecule has 3 heteroatoms. The zero-order valence-corrected chi connectivity index (χ0v) is 12.9. The fraction of sp³-hybridized carbons (Fsp3) is 0.158. The van der Waals surface area contributed by atoms with E-state index in [2.05, 4.69) is 0 Å². The molecule has 110 valence electrons. The second kappa shape index (κ2) is 6.73. The molecule has 0 aliphatic rings. The van der Waals surface area contributed by atoms with E-state index in [1.807, 2.05) is 38.1 Å². The summed E-state index contributed by atoms with van der Waals surface area (Å²) >= 11 is 0. The predicted molar refractivity (Wildman–Crippen MR) is 86.8 cm³/mol. The average molecular weight is 291 g/mol. The number of carbonyl (C=O) groups is 1. The number of hydrogen-bond acceptors (Lipinski definition) is 3. The van der Waals surface area contributed by atoms with Crippen LogP contribution in [-0.4, -0.2) is 12.9 Å². The maximum Gasteiger partial charge on any atom is 0.203 e. The van der Waals surface area contributed by atoms with E-state index in [0.29, 0.717) is 11.3 Å². The fourth-order valence-electron chi connectivity index (χ4n) is 2.12. The lowest BCUT2D eigenvalue weighted by Gasteiger charge is -2.05. The Kier molecular flexibility index (Phi) is 4.75. The lowest BCUT2D eigenvalue weighted by Crippen LogP contribution is -2.02. The number of nitriles is 1. The minimum absolute atomic E-state index is 0.124. The van der Waals surface area contributed by atoms with Crippen molar-refractivity contribution in [1.82, 2.24) is 0 Å². The van der Waals surface area contributed by atoms with Crippen molar-refractivity contribution in [3.63, 3.8) is 0 Å². The SMILES string of the molecule is COc1ccc(C(=O)C(C#N)=Cc2cc(C)ccc2C)cc1. The topological polar surface area (TPSA) is 50.1 Å². The first-order chi connectivity index (χ1) is 10.5. The highest BCUT2D eigenvalue weighted by Crippen LogP contribution is 2.18. The highest BCUT2D eigenvalue weighted by molar-refractivity contribution is 6.14. The van der Waals surface area contributed by atoms with Gasteiger partial charge in [0.25, 0.3) is 0 Å². The maximum atomic E-state index is 12.4. The van der Waals surface area contributed by atoms with Crippen molar-refractivity contribution < 1.29 is 9.53 Å². The molecule has 0 bridgehead atoms.